The summed E-state index contributed by atoms with van der Waals surface area (Å²) in [6.07, 6.45) is 4.77. The Kier molecular flexibility index (Phi) is 12.2. The molecule has 112 valence electrons. The van der Waals surface area contributed by atoms with Crippen LogP contribution in [-0.4, -0.2) is 0 Å². The van der Waals surface area contributed by atoms with Crippen molar-refractivity contribution in [3.8, 4) is 0 Å². The van der Waals surface area contributed by atoms with Crippen molar-refractivity contribution in [1.82, 2.24) is 0 Å². The number of rotatable bonds is 3. The molecule has 0 saturated heterocycles. The molecule has 0 aliphatic heterocycles. The Balaban J connectivity index is 0.000000304. The van der Waals surface area contributed by atoms with E-state index in [1.54, 1.807) is 4.88 Å². The Morgan fingerprint density at radius 1 is 0.750 bits per heavy atom. The van der Waals surface area contributed by atoms with Gasteiger partial charge in [-0.15, -0.1) is 11.3 Å². The van der Waals surface area contributed by atoms with E-state index < -0.39 is 0 Å². The lowest BCUT2D eigenvalue weighted by Crippen LogP contribution is -1.80. The van der Waals surface area contributed by atoms with Crippen molar-refractivity contribution < 1.29 is 0 Å². The maximum absolute atomic E-state index is 2.23. The minimum absolute atomic E-state index is 1.14. The maximum atomic E-state index is 2.23. The lowest BCUT2D eigenvalue weighted by atomic mass is 10.2. The summed E-state index contributed by atoms with van der Waals surface area (Å²) in [6.45, 7) is 10.8. The van der Waals surface area contributed by atoms with Crippen molar-refractivity contribution in [3.05, 3.63) is 57.8 Å². The predicted molar refractivity (Wildman–Crippen MR) is 94.9 cm³/mol. The fourth-order valence-corrected chi connectivity index (χ4v) is 2.63. The van der Waals surface area contributed by atoms with Crippen LogP contribution < -0.4 is 0 Å². The molecule has 0 bridgehead atoms. The lowest BCUT2D eigenvalue weighted by Gasteiger charge is -1.93. The highest BCUT2D eigenvalue weighted by molar-refractivity contribution is 7.10. The molecule has 1 heterocycles. The van der Waals surface area contributed by atoms with Gasteiger partial charge in [0.15, 0.2) is 0 Å². The average Bonchev–Trinajstić information content (AvgIpc) is 2.97. The maximum Gasteiger partial charge on any atom is 0.00743 e. The van der Waals surface area contributed by atoms with E-state index in [9.17, 15) is 0 Å². The van der Waals surface area contributed by atoms with Crippen molar-refractivity contribution in [2.45, 2.75) is 60.3 Å². The molecular weight excluding hydrogens is 260 g/mol. The van der Waals surface area contributed by atoms with E-state index in [0.29, 0.717) is 0 Å². The summed E-state index contributed by atoms with van der Waals surface area (Å²) in [7, 11) is 0. The van der Waals surface area contributed by atoms with E-state index in [-0.39, 0.29) is 0 Å². The molecule has 2 aromatic rings. The molecule has 0 amide bonds. The van der Waals surface area contributed by atoms with Crippen LogP contribution in [0.2, 0.25) is 0 Å². The molecule has 0 aliphatic carbocycles. The van der Waals surface area contributed by atoms with E-state index in [0.717, 1.165) is 6.42 Å². The van der Waals surface area contributed by atoms with Crippen molar-refractivity contribution in [2.75, 3.05) is 0 Å². The van der Waals surface area contributed by atoms with Gasteiger partial charge in [0.05, 0.1) is 0 Å². The number of benzene rings is 1. The van der Waals surface area contributed by atoms with E-state index in [2.05, 4.69) is 70.3 Å². The van der Waals surface area contributed by atoms with Gasteiger partial charge in [-0.3, -0.25) is 0 Å². The largest absolute Gasteiger partial charge is 0.149 e. The lowest BCUT2D eigenvalue weighted by molar-refractivity contribution is 1.07. The van der Waals surface area contributed by atoms with E-state index in [4.69, 9.17) is 0 Å². The molecule has 0 atom stereocenters. The summed E-state index contributed by atoms with van der Waals surface area (Å²) in [5.74, 6) is 0. The second-order valence-electron chi connectivity index (χ2n) is 4.62. The summed E-state index contributed by atoms with van der Waals surface area (Å²) < 4.78 is 0. The second kappa shape index (κ2) is 12.9. The van der Waals surface area contributed by atoms with Gasteiger partial charge in [-0.1, -0.05) is 71.4 Å². The zero-order valence-electron chi connectivity index (χ0n) is 13.8. The van der Waals surface area contributed by atoms with E-state index >= 15 is 0 Å². The molecule has 20 heavy (non-hydrogen) atoms. The molecule has 0 spiro atoms. The number of thiophene rings is 1. The third-order valence-corrected chi connectivity index (χ3v) is 3.90. The zero-order chi connectivity index (χ0) is 15.2. The van der Waals surface area contributed by atoms with E-state index in [1.165, 1.54) is 30.4 Å². The molecule has 0 aliphatic rings. The third kappa shape index (κ3) is 8.16. The highest BCUT2D eigenvalue weighted by atomic mass is 32.1. The van der Waals surface area contributed by atoms with Gasteiger partial charge in [0.2, 0.25) is 0 Å². The minimum atomic E-state index is 1.14. The number of aryl methyl sites for hydroxylation is 3. The number of hydrogen-bond donors (Lipinski definition) is 0. The van der Waals surface area contributed by atoms with Crippen LogP contribution in [0.15, 0.2) is 41.8 Å². The molecule has 1 aromatic heterocycles. The first-order valence-electron chi connectivity index (χ1n) is 7.82. The summed E-state index contributed by atoms with van der Waals surface area (Å²) in [5.41, 5.74) is 2.94. The standard InChI is InChI=1S/C8H12S.C8H10.C3H8/c1-3-7-5-6-9-8(7)4-2;1-2-8-6-4-3-5-7-8;1-3-2/h5-6H,3-4H2,1-2H3;3-7H,2H2,1H3;3H2,1-2H3. The average molecular weight is 291 g/mol. The monoisotopic (exact) mass is 290 g/mol. The summed E-state index contributed by atoms with van der Waals surface area (Å²) in [6, 6.07) is 12.7. The second-order valence-corrected chi connectivity index (χ2v) is 5.62. The molecule has 0 nitrogen and oxygen atoms in total. The van der Waals surface area contributed by atoms with E-state index in [1.807, 2.05) is 17.4 Å². The van der Waals surface area contributed by atoms with Crippen LogP contribution in [0.5, 0.6) is 0 Å². The molecule has 1 aromatic carbocycles. The van der Waals surface area contributed by atoms with Gasteiger partial charge in [0.25, 0.3) is 0 Å². The van der Waals surface area contributed by atoms with Crippen molar-refractivity contribution >= 4 is 11.3 Å². The highest BCUT2D eigenvalue weighted by Crippen LogP contribution is 2.17. The van der Waals surface area contributed by atoms with Gasteiger partial charge < -0.3 is 0 Å². The Hall–Kier alpha value is -1.08. The minimum Gasteiger partial charge on any atom is -0.149 e. The summed E-state index contributed by atoms with van der Waals surface area (Å²) >= 11 is 1.87. The van der Waals surface area contributed by atoms with Crippen molar-refractivity contribution in [1.29, 1.82) is 0 Å². The molecule has 1 heteroatoms. The predicted octanol–water partition coefficient (Wildman–Crippen LogP) is 6.54. The van der Waals surface area contributed by atoms with Crippen LogP contribution in [0.3, 0.4) is 0 Å². The quantitative estimate of drug-likeness (QED) is 0.602. The molecular formula is C19H30S. The summed E-state index contributed by atoms with van der Waals surface area (Å²) in [5, 5.41) is 2.18. The molecule has 0 radical (unpaired) electrons. The highest BCUT2D eigenvalue weighted by Gasteiger charge is 1.96. The number of hydrogen-bond acceptors (Lipinski definition) is 1. The van der Waals surface area contributed by atoms with Gasteiger partial charge in [-0.2, -0.15) is 0 Å². The van der Waals surface area contributed by atoms with Gasteiger partial charge >= 0.3 is 0 Å². The fraction of sp³-hybridized carbons (Fsp3) is 0.474. The summed E-state index contributed by atoms with van der Waals surface area (Å²) in [4.78, 5) is 1.55. The fourth-order valence-electron chi connectivity index (χ4n) is 1.71. The van der Waals surface area contributed by atoms with Crippen LogP contribution in [-0.2, 0) is 19.3 Å². The topological polar surface area (TPSA) is 0 Å². The van der Waals surface area contributed by atoms with Crippen LogP contribution in [0.4, 0.5) is 0 Å². The smallest absolute Gasteiger partial charge is 0.00743 e. The van der Waals surface area contributed by atoms with Crippen molar-refractivity contribution in [3.63, 3.8) is 0 Å². The van der Waals surface area contributed by atoms with Gasteiger partial charge in [0, 0.05) is 4.88 Å². The molecule has 0 fully saturated rings. The Morgan fingerprint density at radius 2 is 1.35 bits per heavy atom. The normalized spacial score (nSPS) is 9.05. The Morgan fingerprint density at radius 3 is 1.70 bits per heavy atom. The molecule has 0 N–H and O–H groups in total. The van der Waals surface area contributed by atoms with Crippen LogP contribution in [0, 0.1) is 0 Å². The molecule has 0 unspecified atom stereocenters. The van der Waals surface area contributed by atoms with Crippen LogP contribution >= 0.6 is 11.3 Å². The van der Waals surface area contributed by atoms with Gasteiger partial charge in [-0.05, 0) is 41.8 Å². The SMILES string of the molecule is CCC.CCc1ccccc1.CCc1ccsc1CC. The zero-order valence-corrected chi connectivity index (χ0v) is 14.6. The first-order chi connectivity index (χ1) is 9.73. The third-order valence-electron chi connectivity index (χ3n) is 2.79. The van der Waals surface area contributed by atoms with Crippen molar-refractivity contribution in [2.24, 2.45) is 0 Å². The van der Waals surface area contributed by atoms with Crippen LogP contribution in [0.25, 0.3) is 0 Å². The Labute approximate surface area is 129 Å². The van der Waals surface area contributed by atoms with Gasteiger partial charge in [0.1, 0.15) is 0 Å². The Bertz CT molecular complexity index is 396. The van der Waals surface area contributed by atoms with Gasteiger partial charge in [-0.25, -0.2) is 0 Å². The first-order valence-corrected chi connectivity index (χ1v) is 8.70. The molecule has 0 saturated carbocycles. The molecule has 2 rings (SSSR count). The first kappa shape index (κ1) is 18.9. The van der Waals surface area contributed by atoms with Crippen LogP contribution in [0.1, 0.15) is 57.0 Å².